The van der Waals surface area contributed by atoms with Gasteiger partial charge in [0.2, 0.25) is 23.6 Å². The molecule has 1 N–H and O–H groups in total. The minimum absolute atomic E-state index is 0.0347. The lowest BCUT2D eigenvalue weighted by atomic mass is 9.51. The number of imide groups is 2. The van der Waals surface area contributed by atoms with Crippen molar-refractivity contribution < 1.29 is 33.8 Å². The summed E-state index contributed by atoms with van der Waals surface area (Å²) in [4.78, 5) is 62.9. The number of aromatic nitrogens is 2. The molecule has 2 aliphatic carbocycles. The molecule has 6 atom stereocenters. The van der Waals surface area contributed by atoms with Crippen LogP contribution in [0.3, 0.4) is 0 Å². The van der Waals surface area contributed by atoms with Crippen molar-refractivity contribution in [2.75, 3.05) is 24.0 Å². The fourth-order valence-electron chi connectivity index (χ4n) is 10.9. The first-order valence-electron chi connectivity index (χ1n) is 21.2. The van der Waals surface area contributed by atoms with Gasteiger partial charge in [-0.25, -0.2) is 4.90 Å². The molecular weight excluding hydrogens is 848 g/mol. The molecule has 1 saturated carbocycles. The van der Waals surface area contributed by atoms with Crippen molar-refractivity contribution in [3.63, 3.8) is 0 Å². The number of hydrogen-bond acceptors (Lipinski definition) is 9. The van der Waals surface area contributed by atoms with Gasteiger partial charge in [0.25, 0.3) is 0 Å². The number of anilines is 2. The van der Waals surface area contributed by atoms with Crippen LogP contribution in [0.4, 0.5) is 11.5 Å². The van der Waals surface area contributed by atoms with Crippen LogP contribution in [-0.2, 0) is 26.2 Å². The van der Waals surface area contributed by atoms with Crippen molar-refractivity contribution in [3.05, 3.63) is 129 Å². The van der Waals surface area contributed by atoms with E-state index in [0.29, 0.717) is 44.8 Å². The van der Waals surface area contributed by atoms with Crippen molar-refractivity contribution in [1.82, 2.24) is 9.78 Å². The largest absolute Gasteiger partial charge is 0.507 e. The number of phenolic OH excluding ortho intramolecular Hbond substituents is 1. The van der Waals surface area contributed by atoms with Gasteiger partial charge in [0.05, 0.1) is 48.0 Å². The second-order valence-electron chi connectivity index (χ2n) is 17.4. The van der Waals surface area contributed by atoms with Crippen LogP contribution >= 0.6 is 22.9 Å². The van der Waals surface area contributed by atoms with Gasteiger partial charge < -0.3 is 14.6 Å². The molecule has 10 rings (SSSR count). The number of allylic oxidation sites excluding steroid dienone is 2. The molecular formula is C51H45ClN4O7S. The zero-order valence-corrected chi connectivity index (χ0v) is 37.7. The fraction of sp³-hybridized carbons (Fsp3) is 0.275. The van der Waals surface area contributed by atoms with Crippen LogP contribution in [0.15, 0.2) is 96.6 Å². The highest BCUT2D eigenvalue weighted by atomic mass is 35.5. The first-order chi connectivity index (χ1) is 30.7. The zero-order valence-electron chi connectivity index (χ0n) is 36.1. The minimum Gasteiger partial charge on any atom is -0.507 e. The molecule has 11 nitrogen and oxygen atoms in total. The van der Waals surface area contributed by atoms with Crippen molar-refractivity contribution in [1.29, 1.82) is 0 Å². The summed E-state index contributed by atoms with van der Waals surface area (Å²) >= 11 is 7.91. The number of amides is 4. The first kappa shape index (κ1) is 41.5. The van der Waals surface area contributed by atoms with Gasteiger partial charge in [0, 0.05) is 39.9 Å². The van der Waals surface area contributed by atoms with Crippen LogP contribution in [0.25, 0.3) is 32.8 Å². The van der Waals surface area contributed by atoms with Crippen LogP contribution < -0.4 is 19.3 Å². The lowest BCUT2D eigenvalue weighted by Crippen LogP contribution is -2.49. The maximum Gasteiger partial charge on any atom is 0.242 e. The Kier molecular flexibility index (Phi) is 9.95. The number of fused-ring (bicyclic) bond motifs is 5. The Bertz CT molecular complexity index is 3040. The number of halogens is 1. The highest BCUT2D eigenvalue weighted by Crippen LogP contribution is 2.64. The number of aryl methyl sites for hydroxylation is 3. The molecule has 2 aromatic heterocycles. The van der Waals surface area contributed by atoms with Gasteiger partial charge in [0.1, 0.15) is 28.8 Å². The third-order valence-corrected chi connectivity index (χ3v) is 15.6. The second-order valence-corrected chi connectivity index (χ2v) is 18.9. The summed E-state index contributed by atoms with van der Waals surface area (Å²) in [6.07, 6.45) is 6.28. The topological polar surface area (TPSA) is 131 Å². The predicted octanol–water partition coefficient (Wildman–Crippen LogP) is 9.90. The van der Waals surface area contributed by atoms with E-state index >= 15 is 9.59 Å². The summed E-state index contributed by atoms with van der Waals surface area (Å²) in [6.45, 7) is 5.62. The van der Waals surface area contributed by atoms with E-state index in [-0.39, 0.29) is 30.4 Å². The third kappa shape index (κ3) is 6.17. The van der Waals surface area contributed by atoms with E-state index in [2.05, 4.69) is 0 Å². The Labute approximate surface area is 379 Å². The number of phenols is 1. The fourth-order valence-corrected chi connectivity index (χ4v) is 12.2. The molecule has 0 radical (unpaired) electrons. The summed E-state index contributed by atoms with van der Waals surface area (Å²) in [7, 11) is 4.93. The molecule has 6 aromatic rings. The van der Waals surface area contributed by atoms with Crippen LogP contribution in [0.5, 0.6) is 17.2 Å². The number of carbonyl (C=O) groups is 4. The van der Waals surface area contributed by atoms with Gasteiger partial charge >= 0.3 is 0 Å². The van der Waals surface area contributed by atoms with E-state index in [0.717, 1.165) is 37.2 Å². The zero-order chi connectivity index (χ0) is 44.9. The first-order valence-corrected chi connectivity index (χ1v) is 22.4. The summed E-state index contributed by atoms with van der Waals surface area (Å²) in [5.41, 5.74) is 4.34. The standard InChI is InChI=1S/C51H45ClN4O7S/c1-26-8-7-9-35(45(26)57)44-33-18-19-34-43(49(60)55(47(34)58)31-15-11-28(12-16-31)10-13-29-22-32(62-5)17-20-40(29)63-6)37(33)24-38-48(59)56(50(61)51(38,44)3)42-25-39(53-54(42)4)46-27(2)36-23-30(52)14-21-41(36)64-46/h7-18,20-23,25,34,37-38,43-44,57H,19,24H2,1-6H3/t34-,37+,38-,43-,44+,51+/m0/s1. The molecule has 4 amide bonds. The molecule has 324 valence electrons. The second kappa shape index (κ2) is 15.3. The number of ether oxygens (including phenoxy) is 2. The van der Waals surface area contributed by atoms with Crippen molar-refractivity contribution in [3.8, 4) is 27.8 Å². The molecule has 2 aliphatic heterocycles. The molecule has 0 bridgehead atoms. The monoisotopic (exact) mass is 892 g/mol. The number of hydrogen-bond donors (Lipinski definition) is 1. The van der Waals surface area contributed by atoms with Gasteiger partial charge in [0.15, 0.2) is 0 Å². The van der Waals surface area contributed by atoms with E-state index in [1.54, 1.807) is 74.5 Å². The molecule has 13 heteroatoms. The molecule has 4 aromatic carbocycles. The van der Waals surface area contributed by atoms with Crippen LogP contribution in [0, 0.1) is 42.9 Å². The predicted molar refractivity (Wildman–Crippen MR) is 249 cm³/mol. The minimum atomic E-state index is -1.34. The molecule has 4 aliphatic rings. The van der Waals surface area contributed by atoms with E-state index in [1.807, 2.05) is 86.7 Å². The van der Waals surface area contributed by atoms with Crippen molar-refractivity contribution in [2.24, 2.45) is 36.1 Å². The van der Waals surface area contributed by atoms with Crippen LogP contribution in [0.2, 0.25) is 5.02 Å². The molecule has 2 saturated heterocycles. The maximum atomic E-state index is 15.3. The number of methoxy groups -OCH3 is 2. The van der Waals surface area contributed by atoms with E-state index < -0.39 is 46.8 Å². The van der Waals surface area contributed by atoms with Gasteiger partial charge in [-0.05, 0) is 110 Å². The average molecular weight is 893 g/mol. The third-order valence-electron chi connectivity index (χ3n) is 14.1. The Morgan fingerprint density at radius 2 is 1.66 bits per heavy atom. The SMILES string of the molecule is COc1ccc(OC)c(C=Cc2ccc(N3C(=O)[C@H]4[C@H](CC=C5[C@H]4C[C@H]4C(=O)N(c6cc(-c7sc8ccc(Cl)cc8c7C)nn6C)C(=O)[C@@]4(C)[C@H]5c4cccc(C)c4O)C3=O)cc2)c1. The number of thiophene rings is 1. The summed E-state index contributed by atoms with van der Waals surface area (Å²) < 4.78 is 13.5. The van der Waals surface area contributed by atoms with E-state index in [9.17, 15) is 14.7 Å². The average Bonchev–Trinajstić information content (AvgIpc) is 3.96. The van der Waals surface area contributed by atoms with Crippen LogP contribution in [0.1, 0.15) is 53.5 Å². The molecule has 0 unspecified atom stereocenters. The van der Waals surface area contributed by atoms with Crippen molar-refractivity contribution in [2.45, 2.75) is 39.5 Å². The Balaban J connectivity index is 0.999. The Morgan fingerprint density at radius 3 is 2.41 bits per heavy atom. The highest BCUT2D eigenvalue weighted by molar-refractivity contribution is 7.22. The summed E-state index contributed by atoms with van der Waals surface area (Å²) in [5.74, 6) is -3.29. The smallest absolute Gasteiger partial charge is 0.242 e. The summed E-state index contributed by atoms with van der Waals surface area (Å²) in [6, 6.07) is 25.7. The number of rotatable bonds is 8. The Morgan fingerprint density at radius 1 is 0.875 bits per heavy atom. The van der Waals surface area contributed by atoms with E-state index in [1.165, 1.54) is 9.80 Å². The number of aromatic hydroxyl groups is 1. The Hall–Kier alpha value is -6.50. The number of carbonyl (C=O) groups excluding carboxylic acids is 4. The van der Waals surface area contributed by atoms with Gasteiger partial charge in [-0.3, -0.25) is 28.8 Å². The molecule has 3 fully saturated rings. The number of nitrogens with zero attached hydrogens (tertiary/aromatic N) is 4. The molecule has 64 heavy (non-hydrogen) atoms. The lowest BCUT2D eigenvalue weighted by Gasteiger charge is -2.49. The normalized spacial score (nSPS) is 24.1. The highest BCUT2D eigenvalue weighted by Gasteiger charge is 2.68. The molecule has 4 heterocycles. The maximum absolute atomic E-state index is 15.3. The van der Waals surface area contributed by atoms with Crippen molar-refractivity contribution >= 4 is 80.3 Å². The van der Waals surface area contributed by atoms with E-state index in [4.69, 9.17) is 26.2 Å². The quantitative estimate of drug-likeness (QED) is 0.0908. The van der Waals surface area contributed by atoms with Crippen LogP contribution in [-0.4, -0.2) is 52.7 Å². The summed E-state index contributed by atoms with van der Waals surface area (Å²) in [5, 5.41) is 18.2. The molecule has 0 spiro atoms. The number of benzene rings is 4. The van der Waals surface area contributed by atoms with Gasteiger partial charge in [-0.15, -0.1) is 11.3 Å². The van der Waals surface area contributed by atoms with Gasteiger partial charge in [-0.2, -0.15) is 5.10 Å². The van der Waals surface area contributed by atoms with Gasteiger partial charge in [-0.1, -0.05) is 65.7 Å². The number of para-hydroxylation sites is 1. The lowest BCUT2D eigenvalue weighted by molar-refractivity contribution is -0.131.